The molecule has 1 aromatic carbocycles. The fourth-order valence-corrected chi connectivity index (χ4v) is 3.72. The number of aromatic nitrogens is 2. The van der Waals surface area contributed by atoms with Crippen molar-refractivity contribution in [1.82, 2.24) is 15.3 Å². The van der Waals surface area contributed by atoms with Gasteiger partial charge in [-0.3, -0.25) is 19.7 Å². The standard InChI is InChI=1S/C22H26N4O7/c1-13-5-3-4-6-15(13)23-19(27)12-33-16-9-7-14(11-17(16)32-2)8-10-18-24-21(28)20(26(30)31)22(29)25-18/h7-11,13,15H,3-6,12H2,1-2H3,(H,23,27)(H2,24,25,28,29)/b10-8+. The van der Waals surface area contributed by atoms with Crippen LogP contribution in [-0.2, 0) is 4.79 Å². The van der Waals surface area contributed by atoms with Crippen LogP contribution in [0.25, 0.3) is 12.2 Å². The molecule has 1 fully saturated rings. The van der Waals surface area contributed by atoms with Crippen LogP contribution in [0.3, 0.4) is 0 Å². The zero-order valence-electron chi connectivity index (χ0n) is 18.4. The minimum Gasteiger partial charge on any atom is -0.493 e. The first-order valence-electron chi connectivity index (χ1n) is 10.5. The zero-order valence-corrected chi connectivity index (χ0v) is 18.4. The molecule has 1 aliphatic carbocycles. The summed E-state index contributed by atoms with van der Waals surface area (Å²) in [7, 11) is 1.47. The van der Waals surface area contributed by atoms with E-state index in [1.165, 1.54) is 19.6 Å². The van der Waals surface area contributed by atoms with Gasteiger partial charge in [0.1, 0.15) is 5.82 Å². The number of rotatable bonds is 8. The minimum absolute atomic E-state index is 0.0593. The highest BCUT2D eigenvalue weighted by Crippen LogP contribution is 2.29. The predicted octanol–water partition coefficient (Wildman–Crippen LogP) is 2.64. The lowest BCUT2D eigenvalue weighted by Crippen LogP contribution is -2.43. The molecule has 11 nitrogen and oxygen atoms in total. The molecule has 0 spiro atoms. The van der Waals surface area contributed by atoms with Crippen molar-refractivity contribution in [2.75, 3.05) is 13.7 Å². The third kappa shape index (κ3) is 6.09. The second kappa shape index (κ2) is 10.6. The summed E-state index contributed by atoms with van der Waals surface area (Å²) in [6, 6.07) is 5.15. The Morgan fingerprint density at radius 3 is 2.76 bits per heavy atom. The van der Waals surface area contributed by atoms with Crippen LogP contribution in [0.15, 0.2) is 23.0 Å². The average Bonchev–Trinajstić information content (AvgIpc) is 2.77. The maximum atomic E-state index is 12.3. The van der Waals surface area contributed by atoms with E-state index in [0.717, 1.165) is 19.3 Å². The van der Waals surface area contributed by atoms with Crippen molar-refractivity contribution in [1.29, 1.82) is 0 Å². The van der Waals surface area contributed by atoms with Gasteiger partial charge in [-0.2, -0.15) is 4.98 Å². The highest BCUT2D eigenvalue weighted by atomic mass is 16.6. The van der Waals surface area contributed by atoms with Crippen molar-refractivity contribution >= 4 is 23.7 Å². The van der Waals surface area contributed by atoms with E-state index in [0.29, 0.717) is 23.0 Å². The summed E-state index contributed by atoms with van der Waals surface area (Å²) in [5.41, 5.74) is -1.44. The molecule has 0 aliphatic heterocycles. The molecule has 1 amide bonds. The molecule has 11 heteroatoms. The number of hydrogen-bond acceptors (Lipinski definition) is 8. The van der Waals surface area contributed by atoms with Crippen molar-refractivity contribution in [3.05, 3.63) is 50.1 Å². The SMILES string of the molecule is COc1cc(/C=C/c2nc(O)c([N+](=O)[O-])c(=O)[nH]2)ccc1OCC(=O)NC1CCCCC1C. The van der Waals surface area contributed by atoms with E-state index in [2.05, 4.69) is 22.2 Å². The van der Waals surface area contributed by atoms with Crippen molar-refractivity contribution in [3.63, 3.8) is 0 Å². The number of nitrogens with one attached hydrogen (secondary N) is 2. The quantitative estimate of drug-likeness (QED) is 0.402. The van der Waals surface area contributed by atoms with Crippen LogP contribution < -0.4 is 20.3 Å². The smallest absolute Gasteiger partial charge is 0.395 e. The van der Waals surface area contributed by atoms with E-state index < -0.39 is 22.0 Å². The highest BCUT2D eigenvalue weighted by Gasteiger charge is 2.23. The molecule has 33 heavy (non-hydrogen) atoms. The Balaban J connectivity index is 1.65. The van der Waals surface area contributed by atoms with Crippen molar-refractivity contribution < 1.29 is 24.3 Å². The van der Waals surface area contributed by atoms with Gasteiger partial charge in [0.05, 0.1) is 12.0 Å². The van der Waals surface area contributed by atoms with Gasteiger partial charge in [0, 0.05) is 6.04 Å². The third-order valence-corrected chi connectivity index (χ3v) is 5.52. The van der Waals surface area contributed by atoms with Crippen molar-refractivity contribution in [2.45, 2.75) is 38.6 Å². The van der Waals surface area contributed by atoms with Crippen LogP contribution in [0.2, 0.25) is 0 Å². The van der Waals surface area contributed by atoms with E-state index in [4.69, 9.17) is 9.47 Å². The lowest BCUT2D eigenvalue weighted by atomic mass is 9.86. The summed E-state index contributed by atoms with van der Waals surface area (Å²) >= 11 is 0. The van der Waals surface area contributed by atoms with Gasteiger partial charge in [0.25, 0.3) is 11.8 Å². The maximum Gasteiger partial charge on any atom is 0.395 e. The van der Waals surface area contributed by atoms with Crippen LogP contribution in [-0.4, -0.2) is 45.7 Å². The summed E-state index contributed by atoms with van der Waals surface area (Å²) in [5, 5.41) is 23.4. The van der Waals surface area contributed by atoms with Crippen LogP contribution >= 0.6 is 0 Å². The molecule has 0 bridgehead atoms. The van der Waals surface area contributed by atoms with Crippen LogP contribution in [0, 0.1) is 16.0 Å². The molecule has 0 radical (unpaired) electrons. The number of nitrogens with zero attached hydrogens (tertiary/aromatic N) is 2. The molecular formula is C22H26N4O7. The highest BCUT2D eigenvalue weighted by molar-refractivity contribution is 5.78. The fourth-order valence-electron chi connectivity index (χ4n) is 3.72. The minimum atomic E-state index is -1.06. The monoisotopic (exact) mass is 458 g/mol. The van der Waals surface area contributed by atoms with Crippen LogP contribution in [0.4, 0.5) is 5.69 Å². The number of amides is 1. The van der Waals surface area contributed by atoms with E-state index in [1.54, 1.807) is 24.3 Å². The molecular weight excluding hydrogens is 432 g/mol. The predicted molar refractivity (Wildman–Crippen MR) is 120 cm³/mol. The first kappa shape index (κ1) is 23.8. The topological polar surface area (TPSA) is 157 Å². The number of ether oxygens (including phenoxy) is 2. The van der Waals surface area contributed by atoms with Gasteiger partial charge in [0.2, 0.25) is 0 Å². The number of carbonyl (C=O) groups excluding carboxylic acids is 1. The van der Waals surface area contributed by atoms with E-state index >= 15 is 0 Å². The lowest BCUT2D eigenvalue weighted by molar-refractivity contribution is -0.387. The first-order valence-corrected chi connectivity index (χ1v) is 10.5. The van der Waals surface area contributed by atoms with E-state index in [1.807, 2.05) is 0 Å². The van der Waals surface area contributed by atoms with Crippen LogP contribution in [0.5, 0.6) is 17.4 Å². The van der Waals surface area contributed by atoms with E-state index in [9.17, 15) is 24.8 Å². The maximum absolute atomic E-state index is 12.3. The van der Waals surface area contributed by atoms with Gasteiger partial charge in [-0.25, -0.2) is 0 Å². The Morgan fingerprint density at radius 2 is 2.09 bits per heavy atom. The summed E-state index contributed by atoms with van der Waals surface area (Å²) in [6.45, 7) is 2.01. The van der Waals surface area contributed by atoms with Gasteiger partial charge in [-0.15, -0.1) is 0 Å². The normalized spacial score (nSPS) is 18.1. The lowest BCUT2D eigenvalue weighted by Gasteiger charge is -2.29. The van der Waals surface area contributed by atoms with Gasteiger partial charge >= 0.3 is 11.2 Å². The summed E-state index contributed by atoms with van der Waals surface area (Å²) in [6.07, 6.45) is 7.33. The largest absolute Gasteiger partial charge is 0.493 e. The van der Waals surface area contributed by atoms with Gasteiger partial charge < -0.3 is 24.9 Å². The molecule has 1 heterocycles. The number of aromatic hydroxyl groups is 1. The number of nitro groups is 1. The molecule has 0 saturated heterocycles. The number of carbonyl (C=O) groups is 1. The van der Waals surface area contributed by atoms with Crippen molar-refractivity contribution in [3.8, 4) is 17.4 Å². The molecule has 2 aromatic rings. The zero-order chi connectivity index (χ0) is 24.0. The van der Waals surface area contributed by atoms with Gasteiger partial charge in [-0.1, -0.05) is 31.9 Å². The summed E-state index contributed by atoms with van der Waals surface area (Å²) in [4.78, 5) is 39.6. The van der Waals surface area contributed by atoms with Crippen LogP contribution in [0.1, 0.15) is 44.0 Å². The number of H-pyrrole nitrogens is 1. The number of methoxy groups -OCH3 is 1. The second-order valence-corrected chi connectivity index (χ2v) is 7.85. The molecule has 1 aliphatic rings. The molecule has 2 atom stereocenters. The molecule has 2 unspecified atom stereocenters. The van der Waals surface area contributed by atoms with E-state index in [-0.39, 0.29) is 24.4 Å². The molecule has 1 aromatic heterocycles. The fraction of sp³-hybridized carbons (Fsp3) is 0.409. The molecule has 1 saturated carbocycles. The Bertz CT molecular complexity index is 1110. The van der Waals surface area contributed by atoms with Crippen molar-refractivity contribution in [2.24, 2.45) is 5.92 Å². The third-order valence-electron chi connectivity index (χ3n) is 5.52. The number of aromatic amines is 1. The Morgan fingerprint density at radius 1 is 1.33 bits per heavy atom. The molecule has 3 rings (SSSR count). The molecule has 176 valence electrons. The summed E-state index contributed by atoms with van der Waals surface area (Å²) < 4.78 is 11.0. The Kier molecular flexibility index (Phi) is 7.65. The number of hydrogen-bond donors (Lipinski definition) is 3. The van der Waals surface area contributed by atoms with Gasteiger partial charge in [0.15, 0.2) is 18.1 Å². The number of benzene rings is 1. The molecule has 3 N–H and O–H groups in total. The second-order valence-electron chi connectivity index (χ2n) is 7.85. The Labute approximate surface area is 189 Å². The van der Waals surface area contributed by atoms with Gasteiger partial charge in [-0.05, 0) is 42.5 Å². The average molecular weight is 458 g/mol. The summed E-state index contributed by atoms with van der Waals surface area (Å²) in [5.74, 6) is 0.0183. The first-order chi connectivity index (χ1) is 15.8. The Hall–Kier alpha value is -3.89.